The highest BCUT2D eigenvalue weighted by molar-refractivity contribution is 7.99. The first kappa shape index (κ1) is 15.9. The lowest BCUT2D eigenvalue weighted by molar-refractivity contribution is -0.148. The molecule has 0 saturated carbocycles. The number of amides is 1. The fourth-order valence-electron chi connectivity index (χ4n) is 2.16. The van der Waals surface area contributed by atoms with Crippen LogP contribution in [0.25, 0.3) is 0 Å². The lowest BCUT2D eigenvalue weighted by Crippen LogP contribution is -2.50. The average molecular weight is 309 g/mol. The molecule has 1 aromatic rings. The van der Waals surface area contributed by atoms with Gasteiger partial charge in [0.15, 0.2) is 0 Å². The van der Waals surface area contributed by atoms with Crippen molar-refractivity contribution in [1.29, 1.82) is 0 Å². The maximum Gasteiger partial charge on any atom is 0.313 e. The predicted molar refractivity (Wildman–Crippen MR) is 81.1 cm³/mol. The summed E-state index contributed by atoms with van der Waals surface area (Å²) in [6, 6.07) is 9.43. The van der Waals surface area contributed by atoms with Gasteiger partial charge in [0.1, 0.15) is 5.41 Å². The van der Waals surface area contributed by atoms with Gasteiger partial charge in [-0.25, -0.2) is 0 Å². The van der Waals surface area contributed by atoms with E-state index in [9.17, 15) is 14.7 Å². The quantitative estimate of drug-likeness (QED) is 0.833. The van der Waals surface area contributed by atoms with Gasteiger partial charge in [0, 0.05) is 5.75 Å². The standard InChI is InChI=1S/C15H19NO4S/c1-15(14(18)19)10-20-7-12(15)16-13(17)9-21-8-11-5-3-2-4-6-11/h2-6,12H,7-10H2,1H3,(H,16,17)(H,18,19). The fraction of sp³-hybridized carbons (Fsp3) is 0.467. The van der Waals surface area contributed by atoms with Crippen molar-refractivity contribution in [2.75, 3.05) is 19.0 Å². The highest BCUT2D eigenvalue weighted by Gasteiger charge is 2.47. The Balaban J connectivity index is 1.78. The molecule has 1 aliphatic heterocycles. The normalized spacial score (nSPS) is 24.7. The van der Waals surface area contributed by atoms with E-state index in [-0.39, 0.29) is 19.1 Å². The van der Waals surface area contributed by atoms with Crippen LogP contribution in [0.15, 0.2) is 30.3 Å². The minimum Gasteiger partial charge on any atom is -0.481 e. The Morgan fingerprint density at radius 2 is 2.14 bits per heavy atom. The Hall–Kier alpha value is -1.53. The molecule has 1 heterocycles. The van der Waals surface area contributed by atoms with Gasteiger partial charge in [-0.2, -0.15) is 0 Å². The fourth-order valence-corrected chi connectivity index (χ4v) is 2.96. The van der Waals surface area contributed by atoms with Crippen molar-refractivity contribution < 1.29 is 19.4 Å². The molecule has 21 heavy (non-hydrogen) atoms. The Kier molecular flexibility index (Phi) is 5.25. The number of aliphatic carboxylic acids is 1. The zero-order valence-electron chi connectivity index (χ0n) is 11.9. The number of ether oxygens (including phenoxy) is 1. The van der Waals surface area contributed by atoms with Crippen LogP contribution in [0.5, 0.6) is 0 Å². The summed E-state index contributed by atoms with van der Waals surface area (Å²) in [6.07, 6.45) is 0. The number of thioether (sulfide) groups is 1. The van der Waals surface area contributed by atoms with Gasteiger partial charge in [0.25, 0.3) is 0 Å². The number of hydrogen-bond acceptors (Lipinski definition) is 4. The Bertz CT molecular complexity index is 508. The van der Waals surface area contributed by atoms with E-state index in [1.165, 1.54) is 11.8 Å². The lowest BCUT2D eigenvalue weighted by Gasteiger charge is -2.25. The number of carbonyl (C=O) groups excluding carboxylic acids is 1. The average Bonchev–Trinajstić information content (AvgIpc) is 2.83. The molecule has 2 N–H and O–H groups in total. The van der Waals surface area contributed by atoms with Gasteiger partial charge < -0.3 is 15.2 Å². The minimum absolute atomic E-state index is 0.129. The summed E-state index contributed by atoms with van der Waals surface area (Å²) in [5.74, 6) is -0.0339. The number of hydrogen-bond donors (Lipinski definition) is 2. The van der Waals surface area contributed by atoms with Crippen molar-refractivity contribution in [3.63, 3.8) is 0 Å². The molecule has 0 aliphatic carbocycles. The molecule has 1 aliphatic rings. The molecule has 2 unspecified atom stereocenters. The summed E-state index contributed by atoms with van der Waals surface area (Å²) in [7, 11) is 0. The van der Waals surface area contributed by atoms with Gasteiger partial charge in [0.05, 0.1) is 25.0 Å². The summed E-state index contributed by atoms with van der Waals surface area (Å²) in [5, 5.41) is 12.0. The van der Waals surface area contributed by atoms with E-state index in [1.54, 1.807) is 6.92 Å². The molecule has 1 fully saturated rings. The van der Waals surface area contributed by atoms with Crippen LogP contribution in [0.4, 0.5) is 0 Å². The SMILES string of the molecule is CC1(C(=O)O)COCC1NC(=O)CSCc1ccccc1. The second kappa shape index (κ2) is 6.95. The molecule has 0 spiro atoms. The molecule has 114 valence electrons. The monoisotopic (exact) mass is 309 g/mol. The minimum atomic E-state index is -1.04. The molecule has 2 atom stereocenters. The van der Waals surface area contributed by atoms with E-state index in [0.717, 1.165) is 11.3 Å². The second-order valence-corrected chi connectivity index (χ2v) is 6.32. The van der Waals surface area contributed by atoms with Crippen molar-refractivity contribution in [2.24, 2.45) is 5.41 Å². The Morgan fingerprint density at radius 1 is 1.43 bits per heavy atom. The summed E-state index contributed by atoms with van der Waals surface area (Å²) in [5.41, 5.74) is 0.120. The topological polar surface area (TPSA) is 75.6 Å². The largest absolute Gasteiger partial charge is 0.481 e. The third kappa shape index (κ3) is 3.98. The molecule has 1 amide bonds. The van der Waals surface area contributed by atoms with Gasteiger partial charge in [-0.05, 0) is 12.5 Å². The van der Waals surface area contributed by atoms with Crippen molar-refractivity contribution in [2.45, 2.75) is 18.7 Å². The maximum absolute atomic E-state index is 11.9. The molecular weight excluding hydrogens is 290 g/mol. The summed E-state index contributed by atoms with van der Waals surface area (Å²) in [4.78, 5) is 23.2. The molecule has 0 radical (unpaired) electrons. The summed E-state index contributed by atoms with van der Waals surface area (Å²) >= 11 is 1.51. The van der Waals surface area contributed by atoms with Crippen LogP contribution in [-0.2, 0) is 20.1 Å². The number of carboxylic acid groups (broad SMARTS) is 1. The lowest BCUT2D eigenvalue weighted by atomic mass is 9.85. The third-order valence-corrected chi connectivity index (χ3v) is 4.63. The Labute approximate surface area is 128 Å². The molecule has 0 aromatic heterocycles. The molecule has 0 bridgehead atoms. The van der Waals surface area contributed by atoms with Crippen LogP contribution in [0.3, 0.4) is 0 Å². The molecule has 5 nitrogen and oxygen atoms in total. The number of rotatable bonds is 6. The first-order valence-electron chi connectivity index (χ1n) is 6.74. The van der Waals surface area contributed by atoms with E-state index in [2.05, 4.69) is 5.32 Å². The van der Waals surface area contributed by atoms with E-state index < -0.39 is 17.4 Å². The molecule has 2 rings (SSSR count). The smallest absolute Gasteiger partial charge is 0.313 e. The van der Waals surface area contributed by atoms with Crippen LogP contribution in [0.2, 0.25) is 0 Å². The molecular formula is C15H19NO4S. The Morgan fingerprint density at radius 3 is 2.81 bits per heavy atom. The highest BCUT2D eigenvalue weighted by atomic mass is 32.2. The van der Waals surface area contributed by atoms with E-state index in [0.29, 0.717) is 5.75 Å². The third-order valence-electron chi connectivity index (χ3n) is 3.62. The van der Waals surface area contributed by atoms with Crippen LogP contribution < -0.4 is 5.32 Å². The summed E-state index contributed by atoms with van der Waals surface area (Å²) in [6.45, 7) is 1.98. The molecule has 1 saturated heterocycles. The van der Waals surface area contributed by atoms with Crippen molar-refractivity contribution in [3.05, 3.63) is 35.9 Å². The second-order valence-electron chi connectivity index (χ2n) is 5.34. The van der Waals surface area contributed by atoms with Crippen LogP contribution in [0.1, 0.15) is 12.5 Å². The molecule has 1 aromatic carbocycles. The zero-order chi connectivity index (χ0) is 15.3. The number of nitrogens with one attached hydrogen (secondary N) is 1. The van der Waals surface area contributed by atoms with Gasteiger partial charge in [-0.1, -0.05) is 30.3 Å². The van der Waals surface area contributed by atoms with Crippen molar-refractivity contribution in [1.82, 2.24) is 5.32 Å². The van der Waals surface area contributed by atoms with E-state index in [1.807, 2.05) is 30.3 Å². The first-order chi connectivity index (χ1) is 10.0. The number of carbonyl (C=O) groups is 2. The van der Waals surface area contributed by atoms with Crippen molar-refractivity contribution in [3.8, 4) is 0 Å². The van der Waals surface area contributed by atoms with Crippen LogP contribution in [-0.4, -0.2) is 42.0 Å². The van der Waals surface area contributed by atoms with E-state index >= 15 is 0 Å². The zero-order valence-corrected chi connectivity index (χ0v) is 12.7. The first-order valence-corrected chi connectivity index (χ1v) is 7.90. The number of benzene rings is 1. The van der Waals surface area contributed by atoms with Gasteiger partial charge in [-0.3, -0.25) is 9.59 Å². The van der Waals surface area contributed by atoms with Crippen LogP contribution >= 0.6 is 11.8 Å². The van der Waals surface area contributed by atoms with Gasteiger partial charge in [-0.15, -0.1) is 11.8 Å². The van der Waals surface area contributed by atoms with Crippen LogP contribution in [0, 0.1) is 5.41 Å². The molecule has 6 heteroatoms. The van der Waals surface area contributed by atoms with Crippen molar-refractivity contribution >= 4 is 23.6 Å². The van der Waals surface area contributed by atoms with E-state index in [4.69, 9.17) is 4.74 Å². The maximum atomic E-state index is 11.9. The summed E-state index contributed by atoms with van der Waals surface area (Å²) < 4.78 is 5.21. The number of carboxylic acids is 1. The van der Waals surface area contributed by atoms with Gasteiger partial charge >= 0.3 is 5.97 Å². The highest BCUT2D eigenvalue weighted by Crippen LogP contribution is 2.28. The van der Waals surface area contributed by atoms with Gasteiger partial charge in [0.2, 0.25) is 5.91 Å². The predicted octanol–water partition coefficient (Wildman–Crippen LogP) is 1.53.